The van der Waals surface area contributed by atoms with E-state index in [1.165, 1.54) is 0 Å². The lowest BCUT2D eigenvalue weighted by molar-refractivity contribution is 0.324. The molecule has 5 nitrogen and oxygen atoms in total. The second-order valence-corrected chi connectivity index (χ2v) is 4.91. The molecule has 1 unspecified atom stereocenters. The maximum atomic E-state index is 5.77. The van der Waals surface area contributed by atoms with Crippen molar-refractivity contribution in [2.75, 3.05) is 6.54 Å². The normalized spacial score (nSPS) is 12.9. The Morgan fingerprint density at radius 1 is 1.37 bits per heavy atom. The van der Waals surface area contributed by atoms with Crippen LogP contribution in [0.25, 0.3) is 11.5 Å². The average molecular weight is 260 g/mol. The molecule has 0 aliphatic rings. The predicted molar refractivity (Wildman–Crippen MR) is 73.5 cm³/mol. The van der Waals surface area contributed by atoms with Crippen LogP contribution >= 0.6 is 0 Å². The molecule has 0 fully saturated rings. The molecule has 0 aliphatic heterocycles. The van der Waals surface area contributed by atoms with Crippen LogP contribution < -0.4 is 5.73 Å². The van der Waals surface area contributed by atoms with Crippen molar-refractivity contribution >= 4 is 0 Å². The summed E-state index contributed by atoms with van der Waals surface area (Å²) in [6.45, 7) is 6.78. The molecule has 0 saturated carbocycles. The Bertz CT molecular complexity index is 536. The largest absolute Gasteiger partial charge is 0.339 e. The zero-order valence-electron chi connectivity index (χ0n) is 11.6. The van der Waals surface area contributed by atoms with Gasteiger partial charge in [0.2, 0.25) is 11.7 Å². The number of nitrogens with two attached hydrogens (primary N) is 1. The van der Waals surface area contributed by atoms with Crippen molar-refractivity contribution < 1.29 is 4.52 Å². The van der Waals surface area contributed by atoms with E-state index in [0.29, 0.717) is 24.2 Å². The molecule has 0 bridgehead atoms. The smallest absolute Gasteiger partial charge is 0.231 e. The maximum absolute atomic E-state index is 5.77. The van der Waals surface area contributed by atoms with Gasteiger partial charge >= 0.3 is 0 Å². The van der Waals surface area contributed by atoms with Crippen molar-refractivity contribution in [2.24, 2.45) is 11.7 Å². The Hall–Kier alpha value is -1.75. The first kappa shape index (κ1) is 13.7. The molecule has 5 heteroatoms. The van der Waals surface area contributed by atoms with Crippen LogP contribution in [0, 0.1) is 5.92 Å². The minimum absolute atomic E-state index is 0.0926. The summed E-state index contributed by atoms with van der Waals surface area (Å²) in [5, 5.41) is 4.04. The molecule has 0 saturated heterocycles. The van der Waals surface area contributed by atoms with Crippen LogP contribution in [0.1, 0.15) is 38.1 Å². The van der Waals surface area contributed by atoms with Crippen LogP contribution in [0.15, 0.2) is 22.9 Å². The van der Waals surface area contributed by atoms with E-state index in [1.54, 1.807) is 6.20 Å². The Morgan fingerprint density at radius 2 is 2.16 bits per heavy atom. The number of aryl methyl sites for hydroxylation is 1. The molecular formula is C14H20N4O. The molecule has 0 spiro atoms. The van der Waals surface area contributed by atoms with Crippen molar-refractivity contribution in [3.63, 3.8) is 0 Å². The van der Waals surface area contributed by atoms with Gasteiger partial charge in [-0.1, -0.05) is 32.0 Å². The van der Waals surface area contributed by atoms with E-state index < -0.39 is 0 Å². The summed E-state index contributed by atoms with van der Waals surface area (Å²) >= 11 is 0. The van der Waals surface area contributed by atoms with Crippen LogP contribution in [0.5, 0.6) is 0 Å². The molecule has 2 aromatic heterocycles. The van der Waals surface area contributed by atoms with Gasteiger partial charge in [0.15, 0.2) is 0 Å². The molecule has 102 valence electrons. The van der Waals surface area contributed by atoms with Crippen LogP contribution in [-0.2, 0) is 6.42 Å². The van der Waals surface area contributed by atoms with Gasteiger partial charge in [0.05, 0.1) is 5.92 Å². The fourth-order valence-corrected chi connectivity index (χ4v) is 2.07. The Labute approximate surface area is 113 Å². The fourth-order valence-electron chi connectivity index (χ4n) is 2.07. The van der Waals surface area contributed by atoms with Crippen molar-refractivity contribution in [3.8, 4) is 11.5 Å². The van der Waals surface area contributed by atoms with Gasteiger partial charge in [-0.15, -0.1) is 0 Å². The van der Waals surface area contributed by atoms with E-state index in [2.05, 4.69) is 35.9 Å². The van der Waals surface area contributed by atoms with Gasteiger partial charge < -0.3 is 10.3 Å². The quantitative estimate of drug-likeness (QED) is 0.893. The molecule has 0 aromatic carbocycles. The van der Waals surface area contributed by atoms with Crippen LogP contribution in [0.2, 0.25) is 0 Å². The highest BCUT2D eigenvalue weighted by Gasteiger charge is 2.22. The van der Waals surface area contributed by atoms with E-state index in [0.717, 1.165) is 17.7 Å². The highest BCUT2D eigenvalue weighted by molar-refractivity contribution is 5.53. The third-order valence-electron chi connectivity index (χ3n) is 3.30. The van der Waals surface area contributed by atoms with Gasteiger partial charge in [0, 0.05) is 12.7 Å². The molecule has 19 heavy (non-hydrogen) atoms. The van der Waals surface area contributed by atoms with E-state index >= 15 is 0 Å². The van der Waals surface area contributed by atoms with Crippen LogP contribution in [0.3, 0.4) is 0 Å². The molecule has 2 N–H and O–H groups in total. The third-order valence-corrected chi connectivity index (χ3v) is 3.30. The summed E-state index contributed by atoms with van der Waals surface area (Å²) in [5.41, 5.74) is 7.67. The Balaban J connectivity index is 2.35. The lowest BCUT2D eigenvalue weighted by Gasteiger charge is -2.13. The summed E-state index contributed by atoms with van der Waals surface area (Å²) in [6.07, 6.45) is 2.63. The van der Waals surface area contributed by atoms with Crippen molar-refractivity contribution in [1.82, 2.24) is 15.1 Å². The lowest BCUT2D eigenvalue weighted by atomic mass is 9.96. The Kier molecular flexibility index (Phi) is 4.27. The molecule has 1 atom stereocenters. The zero-order valence-corrected chi connectivity index (χ0v) is 11.6. The van der Waals surface area contributed by atoms with E-state index in [1.807, 2.05) is 12.1 Å². The molecule has 2 heterocycles. The second-order valence-electron chi connectivity index (χ2n) is 4.91. The van der Waals surface area contributed by atoms with Gasteiger partial charge in [-0.25, -0.2) is 0 Å². The summed E-state index contributed by atoms with van der Waals surface area (Å²) in [6, 6.07) is 3.95. The predicted octanol–water partition coefficient (Wildman–Crippen LogP) is 2.39. The monoisotopic (exact) mass is 260 g/mol. The fraction of sp³-hybridized carbons (Fsp3) is 0.500. The van der Waals surface area contributed by atoms with Crippen LogP contribution in [-0.4, -0.2) is 21.7 Å². The first-order valence-electron chi connectivity index (χ1n) is 6.65. The maximum Gasteiger partial charge on any atom is 0.231 e. The molecular weight excluding hydrogens is 240 g/mol. The Morgan fingerprint density at radius 3 is 2.79 bits per heavy atom. The highest BCUT2D eigenvalue weighted by Crippen LogP contribution is 2.25. The standard InChI is InChI=1S/C14H20N4O/c1-4-10-6-5-7-16-12(10)13-17-14(19-18-13)11(8-15)9(2)3/h5-7,9,11H,4,8,15H2,1-3H3. The minimum Gasteiger partial charge on any atom is -0.339 e. The number of hydrogen-bond donors (Lipinski definition) is 1. The van der Waals surface area contributed by atoms with Gasteiger partial charge in [-0.2, -0.15) is 4.98 Å². The van der Waals surface area contributed by atoms with Gasteiger partial charge in [0.25, 0.3) is 0 Å². The van der Waals surface area contributed by atoms with Gasteiger partial charge in [-0.3, -0.25) is 4.98 Å². The molecule has 0 radical (unpaired) electrons. The summed E-state index contributed by atoms with van der Waals surface area (Å²) in [5.74, 6) is 1.61. The summed E-state index contributed by atoms with van der Waals surface area (Å²) < 4.78 is 5.35. The van der Waals surface area contributed by atoms with E-state index in [9.17, 15) is 0 Å². The highest BCUT2D eigenvalue weighted by atomic mass is 16.5. The first-order valence-corrected chi connectivity index (χ1v) is 6.65. The molecule has 2 aromatic rings. The molecule has 2 rings (SSSR count). The lowest BCUT2D eigenvalue weighted by Crippen LogP contribution is -2.18. The third kappa shape index (κ3) is 2.81. The minimum atomic E-state index is 0.0926. The average Bonchev–Trinajstić information content (AvgIpc) is 2.88. The first-order chi connectivity index (χ1) is 9.17. The van der Waals surface area contributed by atoms with Crippen molar-refractivity contribution in [1.29, 1.82) is 0 Å². The van der Waals surface area contributed by atoms with Crippen LogP contribution in [0.4, 0.5) is 0 Å². The number of pyridine rings is 1. The second kappa shape index (κ2) is 5.93. The van der Waals surface area contributed by atoms with E-state index in [4.69, 9.17) is 10.3 Å². The van der Waals surface area contributed by atoms with E-state index in [-0.39, 0.29) is 5.92 Å². The summed E-state index contributed by atoms with van der Waals surface area (Å²) in [7, 11) is 0. The molecule has 0 aliphatic carbocycles. The SMILES string of the molecule is CCc1cccnc1-c1noc(C(CN)C(C)C)n1. The number of hydrogen-bond acceptors (Lipinski definition) is 5. The number of nitrogens with zero attached hydrogens (tertiary/aromatic N) is 3. The van der Waals surface area contributed by atoms with Crippen molar-refractivity contribution in [3.05, 3.63) is 29.8 Å². The van der Waals surface area contributed by atoms with Gasteiger partial charge in [-0.05, 0) is 24.0 Å². The zero-order chi connectivity index (χ0) is 13.8. The molecule has 0 amide bonds. The number of rotatable bonds is 5. The topological polar surface area (TPSA) is 77.8 Å². The van der Waals surface area contributed by atoms with Crippen molar-refractivity contribution in [2.45, 2.75) is 33.1 Å². The van der Waals surface area contributed by atoms with Gasteiger partial charge in [0.1, 0.15) is 5.69 Å². The number of aromatic nitrogens is 3. The summed E-state index contributed by atoms with van der Waals surface area (Å²) in [4.78, 5) is 8.81.